The maximum atomic E-state index is 16.0. The van der Waals surface area contributed by atoms with Crippen molar-refractivity contribution in [3.63, 3.8) is 0 Å². The molecule has 4 aromatic rings. The number of nitriles is 1. The first kappa shape index (κ1) is 44.7. The van der Waals surface area contributed by atoms with Gasteiger partial charge >= 0.3 is 11.9 Å². The monoisotopic (exact) mass is 858 g/mol. The van der Waals surface area contributed by atoms with Crippen LogP contribution in [0.25, 0.3) is 6.08 Å². The molecule has 2 aliphatic heterocycles. The number of likely N-dealkylation sites (N-methyl/N-ethyl adjacent to an activating group) is 1. The highest BCUT2D eigenvalue weighted by molar-refractivity contribution is 8.00. The van der Waals surface area contributed by atoms with Crippen LogP contribution in [0.4, 0.5) is 13.2 Å². The van der Waals surface area contributed by atoms with Gasteiger partial charge in [0, 0.05) is 60.6 Å². The predicted octanol–water partition coefficient (Wildman–Crippen LogP) is 6.05. The summed E-state index contributed by atoms with van der Waals surface area (Å²) in [6.45, 7) is 4.28. The van der Waals surface area contributed by atoms with Crippen molar-refractivity contribution in [1.82, 2.24) is 24.6 Å². The van der Waals surface area contributed by atoms with Gasteiger partial charge in [-0.25, -0.2) is 27.6 Å². The fraction of sp³-hybridized carbons (Fsp3) is 0.364. The van der Waals surface area contributed by atoms with Crippen molar-refractivity contribution in [2.24, 2.45) is 0 Å². The lowest BCUT2D eigenvalue weighted by molar-refractivity contribution is -0.147. The molecule has 13 nitrogen and oxygen atoms in total. The summed E-state index contributed by atoms with van der Waals surface area (Å²) in [5.41, 5.74) is -1.07. The van der Waals surface area contributed by atoms with Gasteiger partial charge in [-0.1, -0.05) is 42.5 Å². The second kappa shape index (κ2) is 21.1. The normalized spacial score (nSPS) is 18.7. The number of carbonyl (C=O) groups excluding carboxylic acids is 3. The first-order valence-corrected chi connectivity index (χ1v) is 20.5. The molecule has 0 aliphatic carbocycles. The molecule has 2 aliphatic rings. The zero-order valence-corrected chi connectivity index (χ0v) is 34.4. The van der Waals surface area contributed by atoms with Gasteiger partial charge in [0.2, 0.25) is 5.91 Å². The average molecular weight is 859 g/mol. The van der Waals surface area contributed by atoms with E-state index in [1.165, 1.54) is 53.4 Å². The fourth-order valence-corrected chi connectivity index (χ4v) is 8.21. The Hall–Kier alpha value is -5.80. The van der Waals surface area contributed by atoms with Crippen molar-refractivity contribution in [2.45, 2.75) is 55.3 Å². The first-order valence-electron chi connectivity index (χ1n) is 19.6. The number of hydrogen-bond donors (Lipinski definition) is 0. The van der Waals surface area contributed by atoms with Crippen LogP contribution in [-0.4, -0.2) is 106 Å². The van der Waals surface area contributed by atoms with Crippen molar-refractivity contribution in [2.75, 3.05) is 46.4 Å². The Kier molecular flexibility index (Phi) is 15.5. The van der Waals surface area contributed by atoms with Crippen molar-refractivity contribution in [1.29, 1.82) is 5.26 Å². The molecule has 2 saturated heterocycles. The molecule has 1 amide bonds. The van der Waals surface area contributed by atoms with Gasteiger partial charge in [-0.05, 0) is 50.4 Å². The number of rotatable bonds is 16. The van der Waals surface area contributed by atoms with Crippen LogP contribution >= 0.6 is 11.8 Å². The van der Waals surface area contributed by atoms with Crippen LogP contribution in [0, 0.1) is 28.8 Å². The number of esters is 2. The van der Waals surface area contributed by atoms with Crippen molar-refractivity contribution >= 4 is 35.7 Å². The SMILES string of the molecule is CC(SC1COC(C=CC=Cc2ccc(C#N)cc2F)OC1)C(Cn1cncn1)(OC(=O)c1ccccc1COC(=O)CCC(=O)N1CCN(C)CC1)c1ccc(F)cc1F. The molecular weight excluding hydrogens is 814 g/mol. The third kappa shape index (κ3) is 11.9. The Balaban J connectivity index is 1.16. The second-order valence-corrected chi connectivity index (χ2v) is 16.2. The molecule has 61 heavy (non-hydrogen) atoms. The summed E-state index contributed by atoms with van der Waals surface area (Å²) in [6, 6.07) is 15.5. The highest BCUT2D eigenvalue weighted by Gasteiger charge is 2.47. The number of amides is 1. The maximum absolute atomic E-state index is 16.0. The van der Waals surface area contributed by atoms with Gasteiger partial charge in [0.05, 0.1) is 48.6 Å². The third-order valence-corrected chi connectivity index (χ3v) is 11.7. The van der Waals surface area contributed by atoms with Crippen molar-refractivity contribution in [3.8, 4) is 6.07 Å². The van der Waals surface area contributed by atoms with Gasteiger partial charge in [-0.15, -0.1) is 11.8 Å². The zero-order chi connectivity index (χ0) is 43.4. The summed E-state index contributed by atoms with van der Waals surface area (Å²) in [7, 11) is 1.98. The van der Waals surface area contributed by atoms with E-state index in [1.807, 2.05) is 13.1 Å². The molecule has 17 heteroatoms. The zero-order valence-electron chi connectivity index (χ0n) is 33.6. The van der Waals surface area contributed by atoms with Gasteiger partial charge < -0.3 is 28.7 Å². The van der Waals surface area contributed by atoms with E-state index >= 15 is 4.39 Å². The van der Waals surface area contributed by atoms with Gasteiger partial charge in [0.1, 0.15) is 36.7 Å². The predicted molar refractivity (Wildman–Crippen MR) is 219 cm³/mol. The van der Waals surface area contributed by atoms with E-state index in [1.54, 1.807) is 54.3 Å². The standard InChI is InChI=1S/C44H45F3N6O7S/c1-30(61-35-25-58-42(59-26-35)10-6-4-7-32-12-11-31(23-48)21-38(32)46)44(27-53-29-49-28-50-53,37-14-13-34(45)22-39(37)47)60-43(56)36-9-5-3-8-33(36)24-57-41(55)16-15-40(54)52-19-17-51(2)18-20-52/h3-14,21-22,28-30,35,42H,15-20,24-27H2,1-2H3. The molecule has 0 saturated carbocycles. The number of ether oxygens (including phenoxy) is 4. The lowest BCUT2D eigenvalue weighted by atomic mass is 9.89. The number of aromatic nitrogens is 3. The molecule has 0 bridgehead atoms. The first-order chi connectivity index (χ1) is 29.4. The second-order valence-electron chi connectivity index (χ2n) is 14.5. The van der Waals surface area contributed by atoms with E-state index in [0.29, 0.717) is 30.3 Å². The number of piperazine rings is 1. The number of carbonyl (C=O) groups is 3. The summed E-state index contributed by atoms with van der Waals surface area (Å²) in [6.07, 6.45) is 8.25. The lowest BCUT2D eigenvalue weighted by Gasteiger charge is -2.40. The molecule has 3 aromatic carbocycles. The summed E-state index contributed by atoms with van der Waals surface area (Å²) in [4.78, 5) is 47.7. The molecule has 1 aromatic heterocycles. The van der Waals surface area contributed by atoms with Crippen molar-refractivity contribution < 1.29 is 46.5 Å². The van der Waals surface area contributed by atoms with Crippen LogP contribution in [0.1, 0.15) is 52.4 Å². The molecule has 0 spiro atoms. The molecule has 2 unspecified atom stereocenters. The largest absolute Gasteiger partial charge is 0.461 e. The Bertz CT molecular complexity index is 2260. The van der Waals surface area contributed by atoms with Gasteiger partial charge in [0.15, 0.2) is 11.9 Å². The van der Waals surface area contributed by atoms with Crippen LogP contribution in [0.2, 0.25) is 0 Å². The minimum atomic E-state index is -1.83. The van der Waals surface area contributed by atoms with E-state index in [9.17, 15) is 23.2 Å². The van der Waals surface area contributed by atoms with E-state index in [0.717, 1.165) is 25.2 Å². The highest BCUT2D eigenvalue weighted by Crippen LogP contribution is 2.42. The molecule has 2 atom stereocenters. The van der Waals surface area contributed by atoms with E-state index in [2.05, 4.69) is 15.0 Å². The van der Waals surface area contributed by atoms with E-state index < -0.39 is 46.5 Å². The Morgan fingerprint density at radius 2 is 1.77 bits per heavy atom. The van der Waals surface area contributed by atoms with Crippen LogP contribution in [0.15, 0.2) is 91.5 Å². The maximum Gasteiger partial charge on any atom is 0.339 e. The topological polar surface area (TPSA) is 149 Å². The summed E-state index contributed by atoms with van der Waals surface area (Å²) in [5.74, 6) is -3.93. The van der Waals surface area contributed by atoms with Crippen LogP contribution < -0.4 is 0 Å². The number of benzene rings is 3. The van der Waals surface area contributed by atoms with Gasteiger partial charge in [0.25, 0.3) is 0 Å². The molecule has 0 N–H and O–H groups in total. The molecule has 3 heterocycles. The fourth-order valence-electron chi connectivity index (χ4n) is 6.84. The number of allylic oxidation sites excluding steroid dienone is 2. The molecule has 0 radical (unpaired) electrons. The van der Waals surface area contributed by atoms with Gasteiger partial charge in [-0.2, -0.15) is 10.4 Å². The summed E-state index contributed by atoms with van der Waals surface area (Å²) in [5, 5.41) is 12.1. The lowest BCUT2D eigenvalue weighted by Crippen LogP contribution is -2.47. The molecule has 320 valence electrons. The highest BCUT2D eigenvalue weighted by atomic mass is 32.2. The van der Waals surface area contributed by atoms with Crippen LogP contribution in [0.5, 0.6) is 0 Å². The number of thioether (sulfide) groups is 1. The van der Waals surface area contributed by atoms with E-state index in [-0.39, 0.29) is 67.1 Å². The number of hydrogen-bond acceptors (Lipinski definition) is 12. The Labute approximate surface area is 355 Å². The average Bonchev–Trinajstić information content (AvgIpc) is 3.77. The van der Waals surface area contributed by atoms with Crippen LogP contribution in [-0.2, 0) is 47.3 Å². The van der Waals surface area contributed by atoms with Crippen LogP contribution in [0.3, 0.4) is 0 Å². The molecule has 2 fully saturated rings. The summed E-state index contributed by atoms with van der Waals surface area (Å²) >= 11 is 1.31. The Morgan fingerprint density at radius 3 is 2.48 bits per heavy atom. The third-order valence-electron chi connectivity index (χ3n) is 10.3. The minimum Gasteiger partial charge on any atom is -0.461 e. The minimum absolute atomic E-state index is 0.00900. The summed E-state index contributed by atoms with van der Waals surface area (Å²) < 4.78 is 69.8. The Morgan fingerprint density at radius 1 is 1.00 bits per heavy atom. The van der Waals surface area contributed by atoms with Gasteiger partial charge in [-0.3, -0.25) is 9.59 Å². The number of nitrogens with zero attached hydrogens (tertiary/aromatic N) is 6. The van der Waals surface area contributed by atoms with E-state index in [4.69, 9.17) is 24.2 Å². The number of halogens is 3. The quantitative estimate of drug-likeness (QED) is 0.0955. The molecular formula is C44H45F3N6O7S. The smallest absolute Gasteiger partial charge is 0.339 e. The van der Waals surface area contributed by atoms with Crippen molar-refractivity contribution in [3.05, 3.63) is 137 Å². The molecule has 6 rings (SSSR count).